The summed E-state index contributed by atoms with van der Waals surface area (Å²) in [4.78, 5) is 12.1. The van der Waals surface area contributed by atoms with Gasteiger partial charge in [-0.1, -0.05) is 0 Å². The second kappa shape index (κ2) is 4.56. The number of H-pyrrole nitrogens is 2. The zero-order valence-electron chi connectivity index (χ0n) is 11.0. The van der Waals surface area contributed by atoms with Gasteiger partial charge in [-0.2, -0.15) is 5.10 Å². The summed E-state index contributed by atoms with van der Waals surface area (Å²) >= 11 is 3.43. The largest absolute Gasteiger partial charge is 0.497 e. The molecule has 0 aliphatic heterocycles. The van der Waals surface area contributed by atoms with Gasteiger partial charge in [-0.05, 0) is 34.1 Å². The Morgan fingerprint density at radius 1 is 1.24 bits per heavy atom. The Morgan fingerprint density at radius 2 is 2.14 bits per heavy atom. The van der Waals surface area contributed by atoms with Crippen LogP contribution >= 0.6 is 15.9 Å². The van der Waals surface area contributed by atoms with Crippen LogP contribution in [0.5, 0.6) is 5.75 Å². The highest BCUT2D eigenvalue weighted by Gasteiger charge is 2.13. The van der Waals surface area contributed by atoms with Gasteiger partial charge >= 0.3 is 0 Å². The molecule has 2 N–H and O–H groups in total. The molecule has 0 bridgehead atoms. The molecule has 4 aromatic rings. The number of rotatable bonds is 2. The Balaban J connectivity index is 1.93. The van der Waals surface area contributed by atoms with E-state index in [4.69, 9.17) is 4.74 Å². The summed E-state index contributed by atoms with van der Waals surface area (Å²) in [5, 5.41) is 8.10. The van der Waals surface area contributed by atoms with Crippen LogP contribution in [0.15, 0.2) is 34.9 Å². The van der Waals surface area contributed by atoms with Gasteiger partial charge in [0.2, 0.25) is 0 Å². The molecule has 3 aromatic heterocycles. The number of fused-ring (bicyclic) bond motifs is 2. The minimum atomic E-state index is 0.659. The van der Waals surface area contributed by atoms with Crippen molar-refractivity contribution in [2.75, 3.05) is 7.11 Å². The van der Waals surface area contributed by atoms with Gasteiger partial charge in [-0.15, -0.1) is 0 Å². The lowest BCUT2D eigenvalue weighted by Gasteiger charge is -1.96. The number of halogens is 1. The molecule has 0 amide bonds. The van der Waals surface area contributed by atoms with Gasteiger partial charge in [-0.25, -0.2) is 9.97 Å². The van der Waals surface area contributed by atoms with E-state index in [1.54, 1.807) is 13.3 Å². The van der Waals surface area contributed by atoms with E-state index in [9.17, 15) is 0 Å². The van der Waals surface area contributed by atoms with E-state index in [1.807, 2.05) is 24.3 Å². The van der Waals surface area contributed by atoms with E-state index in [0.29, 0.717) is 5.65 Å². The maximum Gasteiger partial charge on any atom is 0.181 e. The molecule has 7 heteroatoms. The number of aromatic amines is 2. The smallest absolute Gasteiger partial charge is 0.181 e. The number of nitrogens with zero attached hydrogens (tertiary/aromatic N) is 3. The third-order valence-electron chi connectivity index (χ3n) is 3.30. The van der Waals surface area contributed by atoms with Crippen LogP contribution in [0.1, 0.15) is 0 Å². The van der Waals surface area contributed by atoms with Crippen LogP contribution in [0.25, 0.3) is 33.6 Å². The Bertz CT molecular complexity index is 958. The molecule has 21 heavy (non-hydrogen) atoms. The summed E-state index contributed by atoms with van der Waals surface area (Å²) < 4.78 is 6.12. The lowest BCUT2D eigenvalue weighted by atomic mass is 10.2. The zero-order valence-corrected chi connectivity index (χ0v) is 12.6. The summed E-state index contributed by atoms with van der Waals surface area (Å²) in [6, 6.07) is 7.69. The number of benzene rings is 1. The zero-order chi connectivity index (χ0) is 14.4. The second-order valence-electron chi connectivity index (χ2n) is 4.59. The van der Waals surface area contributed by atoms with Gasteiger partial charge in [-0.3, -0.25) is 5.10 Å². The van der Waals surface area contributed by atoms with Gasteiger partial charge in [0.05, 0.1) is 23.5 Å². The van der Waals surface area contributed by atoms with Crippen molar-refractivity contribution in [3.8, 4) is 17.3 Å². The number of hydrogen-bond donors (Lipinski definition) is 2. The third-order valence-corrected chi connectivity index (χ3v) is 3.74. The Morgan fingerprint density at radius 3 is 3.00 bits per heavy atom. The summed E-state index contributed by atoms with van der Waals surface area (Å²) in [5.74, 6) is 1.51. The van der Waals surface area contributed by atoms with E-state index in [-0.39, 0.29) is 0 Å². The Labute approximate surface area is 127 Å². The van der Waals surface area contributed by atoms with Crippen molar-refractivity contribution >= 4 is 38.0 Å². The molecule has 4 rings (SSSR count). The second-order valence-corrected chi connectivity index (χ2v) is 5.51. The lowest BCUT2D eigenvalue weighted by molar-refractivity contribution is 0.415. The topological polar surface area (TPSA) is 79.5 Å². The SMILES string of the molecule is COc1ccc2nc(-c3[nH]nc4ncc(Br)cc34)[nH]c2c1. The van der Waals surface area contributed by atoms with Gasteiger partial charge in [0.1, 0.15) is 11.4 Å². The predicted octanol–water partition coefficient (Wildman–Crippen LogP) is 3.27. The van der Waals surface area contributed by atoms with Crippen molar-refractivity contribution in [3.63, 3.8) is 0 Å². The van der Waals surface area contributed by atoms with Crippen molar-refractivity contribution in [3.05, 3.63) is 34.9 Å². The first-order chi connectivity index (χ1) is 10.2. The number of pyridine rings is 1. The minimum absolute atomic E-state index is 0.659. The van der Waals surface area contributed by atoms with Crippen LogP contribution < -0.4 is 4.74 Å². The molecule has 3 heterocycles. The summed E-state index contributed by atoms with van der Waals surface area (Å²) in [6.07, 6.45) is 1.72. The van der Waals surface area contributed by atoms with Crippen molar-refractivity contribution in [2.45, 2.75) is 0 Å². The molecular weight excluding hydrogens is 334 g/mol. The average Bonchev–Trinajstić information content (AvgIpc) is 3.08. The van der Waals surface area contributed by atoms with Crippen LogP contribution in [0.2, 0.25) is 0 Å². The normalized spacial score (nSPS) is 11.3. The Kier molecular flexibility index (Phi) is 2.68. The summed E-state index contributed by atoms with van der Waals surface area (Å²) in [6.45, 7) is 0. The summed E-state index contributed by atoms with van der Waals surface area (Å²) in [7, 11) is 1.64. The molecule has 0 atom stereocenters. The Hall–Kier alpha value is -2.41. The third kappa shape index (κ3) is 1.97. The molecule has 0 fully saturated rings. The molecule has 0 unspecified atom stereocenters. The van der Waals surface area contributed by atoms with E-state index < -0.39 is 0 Å². The molecule has 0 spiro atoms. The number of aromatic nitrogens is 5. The van der Waals surface area contributed by atoms with E-state index in [1.165, 1.54) is 0 Å². The first-order valence-electron chi connectivity index (χ1n) is 6.28. The highest BCUT2D eigenvalue weighted by molar-refractivity contribution is 9.10. The van der Waals surface area contributed by atoms with Crippen molar-refractivity contribution < 1.29 is 4.74 Å². The van der Waals surface area contributed by atoms with E-state index in [2.05, 4.69) is 41.1 Å². The molecule has 0 aliphatic carbocycles. The molecule has 1 aromatic carbocycles. The van der Waals surface area contributed by atoms with Crippen molar-refractivity contribution in [1.82, 2.24) is 25.1 Å². The van der Waals surface area contributed by atoms with Crippen molar-refractivity contribution in [1.29, 1.82) is 0 Å². The minimum Gasteiger partial charge on any atom is -0.497 e. The van der Waals surface area contributed by atoms with E-state index >= 15 is 0 Å². The fourth-order valence-electron chi connectivity index (χ4n) is 2.29. The molecule has 0 saturated heterocycles. The molecule has 0 radical (unpaired) electrons. The molecule has 6 nitrogen and oxygen atoms in total. The van der Waals surface area contributed by atoms with Crippen molar-refractivity contribution in [2.24, 2.45) is 0 Å². The fourth-order valence-corrected chi connectivity index (χ4v) is 2.62. The standard InChI is InChI=1S/C14H10BrN5O/c1-21-8-2-3-10-11(5-8)18-14(17-10)12-9-4-7(15)6-16-13(9)20-19-12/h2-6H,1H3,(H,17,18)(H,16,19,20). The molecule has 0 aliphatic rings. The first-order valence-corrected chi connectivity index (χ1v) is 7.07. The monoisotopic (exact) mass is 343 g/mol. The van der Waals surface area contributed by atoms with Crippen LogP contribution in [0.3, 0.4) is 0 Å². The lowest BCUT2D eigenvalue weighted by Crippen LogP contribution is -1.81. The molecule has 0 saturated carbocycles. The van der Waals surface area contributed by atoms with E-state index in [0.717, 1.165) is 38.2 Å². The average molecular weight is 344 g/mol. The van der Waals surface area contributed by atoms with Crippen LogP contribution in [0.4, 0.5) is 0 Å². The maximum absolute atomic E-state index is 5.22. The van der Waals surface area contributed by atoms with Crippen LogP contribution in [-0.4, -0.2) is 32.3 Å². The molecular formula is C14H10BrN5O. The van der Waals surface area contributed by atoms with Crippen LogP contribution in [-0.2, 0) is 0 Å². The van der Waals surface area contributed by atoms with Gasteiger partial charge in [0.15, 0.2) is 11.5 Å². The quantitative estimate of drug-likeness (QED) is 0.585. The highest BCUT2D eigenvalue weighted by atomic mass is 79.9. The molecule has 104 valence electrons. The number of ether oxygens (including phenoxy) is 1. The first kappa shape index (κ1) is 12.3. The number of nitrogens with one attached hydrogen (secondary N) is 2. The van der Waals surface area contributed by atoms with Gasteiger partial charge in [0.25, 0.3) is 0 Å². The number of hydrogen-bond acceptors (Lipinski definition) is 4. The highest BCUT2D eigenvalue weighted by Crippen LogP contribution is 2.28. The predicted molar refractivity (Wildman–Crippen MR) is 83.2 cm³/mol. The summed E-state index contributed by atoms with van der Waals surface area (Å²) in [5.41, 5.74) is 3.26. The maximum atomic E-state index is 5.22. The number of imidazole rings is 1. The van der Waals surface area contributed by atoms with Gasteiger partial charge in [0, 0.05) is 16.7 Å². The van der Waals surface area contributed by atoms with Gasteiger partial charge < -0.3 is 9.72 Å². The van der Waals surface area contributed by atoms with Crippen LogP contribution in [0, 0.1) is 0 Å². The fraction of sp³-hybridized carbons (Fsp3) is 0.0714. The number of methoxy groups -OCH3 is 1.